The predicted octanol–water partition coefficient (Wildman–Crippen LogP) is 5.11. The van der Waals surface area contributed by atoms with Crippen LogP contribution in [0.15, 0.2) is 59.9 Å². The van der Waals surface area contributed by atoms with E-state index in [-0.39, 0.29) is 11.7 Å². The van der Waals surface area contributed by atoms with Crippen LogP contribution in [0, 0.1) is 0 Å². The van der Waals surface area contributed by atoms with Gasteiger partial charge in [-0.05, 0) is 54.8 Å². The summed E-state index contributed by atoms with van der Waals surface area (Å²) in [5, 5.41) is 3.23. The minimum Gasteiger partial charge on any atom is -0.465 e. The van der Waals surface area contributed by atoms with Gasteiger partial charge in [-0.2, -0.15) is 0 Å². The maximum atomic E-state index is 11.9. The van der Waals surface area contributed by atoms with Gasteiger partial charge >= 0.3 is 5.97 Å². The van der Waals surface area contributed by atoms with Gasteiger partial charge in [-0.1, -0.05) is 42.1 Å². The lowest BCUT2D eigenvalue weighted by Gasteiger charge is -2.14. The van der Waals surface area contributed by atoms with E-state index in [1.54, 1.807) is 6.20 Å². The zero-order valence-corrected chi connectivity index (χ0v) is 17.0. The molecule has 1 saturated carbocycles. The quantitative estimate of drug-likeness (QED) is 0.331. The van der Waals surface area contributed by atoms with Crippen LogP contribution >= 0.6 is 11.8 Å². The molecular weight excluding hydrogens is 382 g/mol. The fourth-order valence-electron chi connectivity index (χ4n) is 3.80. The number of pyridine rings is 1. The van der Waals surface area contributed by atoms with Gasteiger partial charge in [0.05, 0.1) is 23.6 Å². The lowest BCUT2D eigenvalue weighted by molar-refractivity contribution is -0.139. The fraction of sp³-hybridized carbons (Fsp3) is 0.261. The van der Waals surface area contributed by atoms with Crippen molar-refractivity contribution in [1.82, 2.24) is 14.5 Å². The normalized spacial score (nSPS) is 13.8. The summed E-state index contributed by atoms with van der Waals surface area (Å²) in [4.78, 5) is 21.1. The van der Waals surface area contributed by atoms with Gasteiger partial charge in [0.25, 0.3) is 0 Å². The first-order valence-electron chi connectivity index (χ1n) is 9.90. The lowest BCUT2D eigenvalue weighted by Crippen LogP contribution is -2.08. The van der Waals surface area contributed by atoms with Crippen LogP contribution in [0.3, 0.4) is 0 Å². The van der Waals surface area contributed by atoms with Crippen molar-refractivity contribution in [2.24, 2.45) is 0 Å². The van der Waals surface area contributed by atoms with Crippen LogP contribution in [0.1, 0.15) is 31.2 Å². The minimum atomic E-state index is -0.238. The van der Waals surface area contributed by atoms with Crippen molar-refractivity contribution in [2.75, 3.05) is 12.4 Å². The summed E-state index contributed by atoms with van der Waals surface area (Å²) >= 11 is 1.38. The van der Waals surface area contributed by atoms with Crippen LogP contribution in [0.5, 0.6) is 0 Å². The molecule has 2 aromatic heterocycles. The number of hydrogen-bond donors (Lipinski definition) is 0. The molecule has 0 N–H and O–H groups in total. The number of thioether (sulfide) groups is 1. The Morgan fingerprint density at radius 3 is 2.76 bits per heavy atom. The van der Waals surface area contributed by atoms with Crippen molar-refractivity contribution in [3.05, 3.63) is 60.3 Å². The number of fused-ring (bicyclic) bond motifs is 2. The molecular formula is C23H21N3O2S. The summed E-state index contributed by atoms with van der Waals surface area (Å²) in [6, 6.07) is 16.9. The second kappa shape index (κ2) is 7.52. The van der Waals surface area contributed by atoms with Crippen LogP contribution in [0.25, 0.3) is 27.6 Å². The molecule has 1 aliphatic carbocycles. The van der Waals surface area contributed by atoms with Gasteiger partial charge in [0.15, 0.2) is 10.8 Å². The number of imidazole rings is 1. The molecule has 29 heavy (non-hydrogen) atoms. The van der Waals surface area contributed by atoms with E-state index in [0.29, 0.717) is 18.2 Å². The molecule has 5 rings (SSSR count). The summed E-state index contributed by atoms with van der Waals surface area (Å²) < 4.78 is 7.21. The molecule has 2 aromatic carbocycles. The van der Waals surface area contributed by atoms with Crippen LogP contribution in [0.4, 0.5) is 0 Å². The van der Waals surface area contributed by atoms with Gasteiger partial charge in [0, 0.05) is 11.6 Å². The van der Waals surface area contributed by atoms with E-state index in [9.17, 15) is 4.79 Å². The van der Waals surface area contributed by atoms with E-state index in [0.717, 1.165) is 16.4 Å². The molecule has 1 fully saturated rings. The first kappa shape index (κ1) is 18.2. The second-order valence-corrected chi connectivity index (χ2v) is 8.11. The Labute approximate surface area is 173 Å². The number of carbonyl (C=O) groups excluding carboxylic acids is 1. The van der Waals surface area contributed by atoms with E-state index >= 15 is 0 Å². The number of nitrogens with zero attached hydrogens (tertiary/aromatic N) is 3. The number of hydrogen-bond acceptors (Lipinski definition) is 5. The Hall–Kier alpha value is -2.86. The molecule has 0 amide bonds. The Kier molecular flexibility index (Phi) is 4.72. The molecule has 0 saturated heterocycles. The fourth-order valence-corrected chi connectivity index (χ4v) is 4.61. The third-order valence-corrected chi connectivity index (χ3v) is 6.13. The topological polar surface area (TPSA) is 57.0 Å². The third-order valence-electron chi connectivity index (χ3n) is 5.22. The van der Waals surface area contributed by atoms with Gasteiger partial charge in [0.2, 0.25) is 0 Å². The molecule has 1 aliphatic rings. The summed E-state index contributed by atoms with van der Waals surface area (Å²) in [6.45, 7) is 2.19. The van der Waals surface area contributed by atoms with Crippen LogP contribution < -0.4 is 0 Å². The van der Waals surface area contributed by atoms with Crippen LogP contribution in [-0.2, 0) is 9.53 Å². The molecule has 6 heteroatoms. The van der Waals surface area contributed by atoms with Crippen LogP contribution in [-0.4, -0.2) is 32.9 Å². The highest BCUT2D eigenvalue weighted by Crippen LogP contribution is 2.44. The molecule has 4 aromatic rings. The molecule has 2 heterocycles. The molecule has 0 unspecified atom stereocenters. The maximum absolute atomic E-state index is 11.9. The number of esters is 1. The number of benzene rings is 2. The largest absolute Gasteiger partial charge is 0.465 e. The van der Waals surface area contributed by atoms with E-state index in [1.165, 1.54) is 40.9 Å². The number of carbonyl (C=O) groups is 1. The molecule has 0 bridgehead atoms. The lowest BCUT2D eigenvalue weighted by atomic mass is 9.99. The minimum absolute atomic E-state index is 0.218. The smallest absolute Gasteiger partial charge is 0.316 e. The summed E-state index contributed by atoms with van der Waals surface area (Å²) in [6.07, 6.45) is 4.28. The van der Waals surface area contributed by atoms with Gasteiger partial charge in [-0.25, -0.2) is 9.97 Å². The number of aromatic nitrogens is 3. The average Bonchev–Trinajstić information content (AvgIpc) is 3.52. The zero-order valence-electron chi connectivity index (χ0n) is 16.2. The van der Waals surface area contributed by atoms with Crippen molar-refractivity contribution in [3.63, 3.8) is 0 Å². The van der Waals surface area contributed by atoms with Crippen LogP contribution in [0.2, 0.25) is 0 Å². The molecule has 0 radical (unpaired) electrons. The predicted molar refractivity (Wildman–Crippen MR) is 116 cm³/mol. The van der Waals surface area contributed by atoms with Crippen molar-refractivity contribution in [2.45, 2.75) is 30.8 Å². The highest BCUT2D eigenvalue weighted by atomic mass is 32.2. The Morgan fingerprint density at radius 1 is 1.14 bits per heavy atom. The molecule has 0 aliphatic heterocycles. The van der Waals surface area contributed by atoms with Crippen molar-refractivity contribution in [3.8, 4) is 5.69 Å². The van der Waals surface area contributed by atoms with E-state index in [4.69, 9.17) is 9.72 Å². The summed E-state index contributed by atoms with van der Waals surface area (Å²) in [5.74, 6) is 0.653. The van der Waals surface area contributed by atoms with E-state index in [1.807, 2.05) is 19.1 Å². The third kappa shape index (κ3) is 3.38. The first-order chi connectivity index (χ1) is 14.3. The molecule has 0 spiro atoms. The second-order valence-electron chi connectivity index (χ2n) is 7.16. The average molecular weight is 404 g/mol. The number of ether oxygens (including phenoxy) is 1. The highest BCUT2D eigenvalue weighted by Gasteiger charge is 2.26. The maximum Gasteiger partial charge on any atom is 0.316 e. The SMILES string of the molecule is CCOC(=O)CSc1nc2ncccc2n1-c1ccc(C2CC2)c2ccccc12. The first-order valence-corrected chi connectivity index (χ1v) is 10.9. The van der Waals surface area contributed by atoms with Gasteiger partial charge in [0.1, 0.15) is 0 Å². The monoisotopic (exact) mass is 403 g/mol. The van der Waals surface area contributed by atoms with Crippen molar-refractivity contribution in [1.29, 1.82) is 0 Å². The number of rotatable bonds is 6. The van der Waals surface area contributed by atoms with Gasteiger partial charge in [-0.3, -0.25) is 9.36 Å². The van der Waals surface area contributed by atoms with Gasteiger partial charge in [-0.15, -0.1) is 0 Å². The van der Waals surface area contributed by atoms with Crippen molar-refractivity contribution < 1.29 is 9.53 Å². The molecule has 146 valence electrons. The Morgan fingerprint density at radius 2 is 1.97 bits per heavy atom. The van der Waals surface area contributed by atoms with Crippen molar-refractivity contribution >= 4 is 39.7 Å². The summed E-state index contributed by atoms with van der Waals surface area (Å²) in [5.41, 5.74) is 4.09. The Bertz CT molecular complexity index is 1210. The van der Waals surface area contributed by atoms with Gasteiger partial charge < -0.3 is 4.74 Å². The standard InChI is InChI=1S/C23H21N3O2S/c1-2-28-21(27)14-29-23-25-22-20(8-5-13-24-22)26(23)19-12-11-16(15-9-10-15)17-6-3-4-7-18(17)19/h3-8,11-13,15H,2,9-10,14H2,1H3. The van der Waals surface area contributed by atoms with E-state index in [2.05, 4.69) is 45.9 Å². The molecule has 0 atom stereocenters. The Balaban J connectivity index is 1.67. The van der Waals surface area contributed by atoms with E-state index < -0.39 is 0 Å². The molecule has 5 nitrogen and oxygen atoms in total. The summed E-state index contributed by atoms with van der Waals surface area (Å²) in [7, 11) is 0. The zero-order chi connectivity index (χ0) is 19.8. The highest BCUT2D eigenvalue weighted by molar-refractivity contribution is 7.99.